The number of nitrogens with two attached hydrogens (primary N) is 1. The van der Waals surface area contributed by atoms with E-state index in [1.54, 1.807) is 36.7 Å². The molecule has 0 saturated heterocycles. The molecule has 1 heterocycles. The first kappa shape index (κ1) is 13.0. The number of benzene rings is 1. The molecule has 0 aliphatic carbocycles. The Morgan fingerprint density at radius 1 is 1.26 bits per heavy atom. The number of rotatable bonds is 5. The number of ether oxygens (including phenoxy) is 1. The fraction of sp³-hybridized carbons (Fsp3) is 0.143. The molecule has 1 aromatic carbocycles. The SMILES string of the molecule is NCc1ccc(OCC(=O)Nc2cccnc2)cc1. The maximum Gasteiger partial charge on any atom is 0.262 e. The molecule has 5 heteroatoms. The van der Waals surface area contributed by atoms with E-state index in [0.29, 0.717) is 18.0 Å². The number of carbonyl (C=O) groups is 1. The van der Waals surface area contributed by atoms with Gasteiger partial charge >= 0.3 is 0 Å². The standard InChI is InChI=1S/C14H15N3O2/c15-8-11-3-5-13(6-4-11)19-10-14(18)17-12-2-1-7-16-9-12/h1-7,9H,8,10,15H2,(H,17,18). The predicted octanol–water partition coefficient (Wildman–Crippen LogP) is 1.56. The van der Waals surface area contributed by atoms with E-state index in [1.807, 2.05) is 12.1 Å². The van der Waals surface area contributed by atoms with Gasteiger partial charge in [-0.15, -0.1) is 0 Å². The van der Waals surface area contributed by atoms with Gasteiger partial charge in [-0.3, -0.25) is 9.78 Å². The third kappa shape index (κ3) is 4.08. The van der Waals surface area contributed by atoms with Crippen molar-refractivity contribution in [2.24, 2.45) is 5.73 Å². The second-order valence-corrected chi connectivity index (χ2v) is 3.93. The first-order chi connectivity index (χ1) is 9.28. The van der Waals surface area contributed by atoms with Gasteiger partial charge in [-0.1, -0.05) is 12.1 Å². The number of hydrogen-bond donors (Lipinski definition) is 2. The molecule has 1 amide bonds. The Labute approximate surface area is 111 Å². The van der Waals surface area contributed by atoms with Crippen molar-refractivity contribution >= 4 is 11.6 Å². The van der Waals surface area contributed by atoms with E-state index in [0.717, 1.165) is 5.56 Å². The third-order valence-corrected chi connectivity index (χ3v) is 2.47. The minimum Gasteiger partial charge on any atom is -0.484 e. The van der Waals surface area contributed by atoms with E-state index in [2.05, 4.69) is 10.3 Å². The lowest BCUT2D eigenvalue weighted by molar-refractivity contribution is -0.118. The molecule has 0 atom stereocenters. The summed E-state index contributed by atoms with van der Waals surface area (Å²) in [5.41, 5.74) is 7.17. The highest BCUT2D eigenvalue weighted by atomic mass is 16.5. The Bertz CT molecular complexity index is 526. The number of nitrogens with one attached hydrogen (secondary N) is 1. The summed E-state index contributed by atoms with van der Waals surface area (Å²) in [7, 11) is 0. The summed E-state index contributed by atoms with van der Waals surface area (Å²) in [5, 5.41) is 2.69. The van der Waals surface area contributed by atoms with Gasteiger partial charge < -0.3 is 15.8 Å². The summed E-state index contributed by atoms with van der Waals surface area (Å²) in [6.45, 7) is 0.443. The third-order valence-electron chi connectivity index (χ3n) is 2.47. The van der Waals surface area contributed by atoms with E-state index in [-0.39, 0.29) is 12.5 Å². The predicted molar refractivity (Wildman–Crippen MR) is 72.7 cm³/mol. The number of carbonyl (C=O) groups excluding carboxylic acids is 1. The summed E-state index contributed by atoms with van der Waals surface area (Å²) < 4.78 is 5.37. The number of pyridine rings is 1. The lowest BCUT2D eigenvalue weighted by Gasteiger charge is -2.07. The average molecular weight is 257 g/mol. The Morgan fingerprint density at radius 2 is 2.05 bits per heavy atom. The van der Waals surface area contributed by atoms with Gasteiger partial charge in [-0.2, -0.15) is 0 Å². The molecule has 1 aromatic heterocycles. The molecule has 0 spiro atoms. The maximum atomic E-state index is 11.6. The molecule has 5 nitrogen and oxygen atoms in total. The molecule has 0 unspecified atom stereocenters. The minimum absolute atomic E-state index is 0.0448. The van der Waals surface area contributed by atoms with Crippen molar-refractivity contribution in [3.05, 3.63) is 54.4 Å². The van der Waals surface area contributed by atoms with Crippen LogP contribution in [0.15, 0.2) is 48.8 Å². The molecule has 0 fully saturated rings. The van der Waals surface area contributed by atoms with Crippen LogP contribution in [0.3, 0.4) is 0 Å². The van der Waals surface area contributed by atoms with Crippen LogP contribution in [0.2, 0.25) is 0 Å². The maximum absolute atomic E-state index is 11.6. The topological polar surface area (TPSA) is 77.2 Å². The monoisotopic (exact) mass is 257 g/mol. The van der Waals surface area contributed by atoms with Crippen LogP contribution >= 0.6 is 0 Å². The number of hydrogen-bond acceptors (Lipinski definition) is 4. The van der Waals surface area contributed by atoms with Crippen LogP contribution in [-0.2, 0) is 11.3 Å². The van der Waals surface area contributed by atoms with Gasteiger partial charge in [0.05, 0.1) is 11.9 Å². The number of anilines is 1. The molecule has 98 valence electrons. The molecule has 3 N–H and O–H groups in total. The van der Waals surface area contributed by atoms with Crippen molar-refractivity contribution in [3.8, 4) is 5.75 Å². The number of aromatic nitrogens is 1. The molecule has 2 aromatic rings. The van der Waals surface area contributed by atoms with Crippen LogP contribution in [0.5, 0.6) is 5.75 Å². The molecule has 0 radical (unpaired) electrons. The van der Waals surface area contributed by atoms with Gasteiger partial charge in [0.2, 0.25) is 0 Å². The zero-order chi connectivity index (χ0) is 13.5. The molecular formula is C14H15N3O2. The molecule has 0 saturated carbocycles. The Balaban J connectivity index is 1.83. The van der Waals surface area contributed by atoms with Crippen molar-refractivity contribution in [2.75, 3.05) is 11.9 Å². The van der Waals surface area contributed by atoms with E-state index in [1.165, 1.54) is 0 Å². The van der Waals surface area contributed by atoms with Crippen LogP contribution in [-0.4, -0.2) is 17.5 Å². The van der Waals surface area contributed by atoms with Gasteiger partial charge in [-0.25, -0.2) is 0 Å². The zero-order valence-electron chi connectivity index (χ0n) is 10.4. The zero-order valence-corrected chi connectivity index (χ0v) is 10.4. The molecule has 0 bridgehead atoms. The molecule has 19 heavy (non-hydrogen) atoms. The summed E-state index contributed by atoms with van der Waals surface area (Å²) in [6, 6.07) is 10.8. The van der Waals surface area contributed by atoms with Gasteiger partial charge in [0.1, 0.15) is 5.75 Å². The van der Waals surface area contributed by atoms with Gasteiger partial charge in [0.15, 0.2) is 6.61 Å². The molecular weight excluding hydrogens is 242 g/mol. The lowest BCUT2D eigenvalue weighted by Crippen LogP contribution is -2.20. The van der Waals surface area contributed by atoms with Gasteiger partial charge in [-0.05, 0) is 29.8 Å². The fourth-order valence-corrected chi connectivity index (χ4v) is 1.50. The van der Waals surface area contributed by atoms with Gasteiger partial charge in [0.25, 0.3) is 5.91 Å². The highest BCUT2D eigenvalue weighted by Crippen LogP contribution is 2.11. The van der Waals surface area contributed by atoms with Crippen molar-refractivity contribution in [1.82, 2.24) is 4.98 Å². The largest absolute Gasteiger partial charge is 0.484 e. The highest BCUT2D eigenvalue weighted by Gasteiger charge is 2.03. The van der Waals surface area contributed by atoms with Gasteiger partial charge in [0, 0.05) is 12.7 Å². The van der Waals surface area contributed by atoms with E-state index in [4.69, 9.17) is 10.5 Å². The fourth-order valence-electron chi connectivity index (χ4n) is 1.50. The Morgan fingerprint density at radius 3 is 2.68 bits per heavy atom. The van der Waals surface area contributed by atoms with Crippen molar-refractivity contribution in [3.63, 3.8) is 0 Å². The first-order valence-corrected chi connectivity index (χ1v) is 5.89. The van der Waals surface area contributed by atoms with Crippen molar-refractivity contribution < 1.29 is 9.53 Å². The normalized spacial score (nSPS) is 9.95. The summed E-state index contributed by atoms with van der Waals surface area (Å²) in [5.74, 6) is 0.412. The summed E-state index contributed by atoms with van der Waals surface area (Å²) in [6.07, 6.45) is 3.22. The lowest BCUT2D eigenvalue weighted by atomic mass is 10.2. The van der Waals surface area contributed by atoms with E-state index < -0.39 is 0 Å². The minimum atomic E-state index is -0.226. The summed E-state index contributed by atoms with van der Waals surface area (Å²) >= 11 is 0. The molecule has 0 aliphatic rings. The summed E-state index contributed by atoms with van der Waals surface area (Å²) in [4.78, 5) is 15.5. The van der Waals surface area contributed by atoms with Crippen LogP contribution in [0.25, 0.3) is 0 Å². The van der Waals surface area contributed by atoms with Crippen LogP contribution in [0.1, 0.15) is 5.56 Å². The number of nitrogens with zero attached hydrogens (tertiary/aromatic N) is 1. The van der Waals surface area contributed by atoms with Crippen molar-refractivity contribution in [1.29, 1.82) is 0 Å². The van der Waals surface area contributed by atoms with Crippen LogP contribution in [0, 0.1) is 0 Å². The van der Waals surface area contributed by atoms with E-state index in [9.17, 15) is 4.79 Å². The van der Waals surface area contributed by atoms with Crippen molar-refractivity contribution in [2.45, 2.75) is 6.54 Å². The first-order valence-electron chi connectivity index (χ1n) is 5.89. The Hall–Kier alpha value is -2.40. The quantitative estimate of drug-likeness (QED) is 0.852. The van der Waals surface area contributed by atoms with E-state index >= 15 is 0 Å². The second kappa shape index (κ2) is 6.51. The highest BCUT2D eigenvalue weighted by molar-refractivity contribution is 5.91. The van der Waals surface area contributed by atoms with Crippen LogP contribution in [0.4, 0.5) is 5.69 Å². The van der Waals surface area contributed by atoms with Crippen LogP contribution < -0.4 is 15.8 Å². The number of amides is 1. The molecule has 2 rings (SSSR count). The smallest absolute Gasteiger partial charge is 0.262 e. The molecule has 0 aliphatic heterocycles. The Kier molecular flexibility index (Phi) is 4.47. The second-order valence-electron chi connectivity index (χ2n) is 3.93. The average Bonchev–Trinajstić information content (AvgIpc) is 2.47.